The van der Waals surface area contributed by atoms with Gasteiger partial charge in [-0.3, -0.25) is 9.69 Å². The van der Waals surface area contributed by atoms with Gasteiger partial charge in [0.15, 0.2) is 5.75 Å². The minimum atomic E-state index is -0.0506. The van der Waals surface area contributed by atoms with Crippen molar-refractivity contribution in [3.05, 3.63) is 83.9 Å². The molecule has 3 aromatic carbocycles. The Balaban J connectivity index is 1.32. The van der Waals surface area contributed by atoms with Gasteiger partial charge in [0.05, 0.1) is 22.9 Å². The van der Waals surface area contributed by atoms with E-state index in [9.17, 15) is 4.79 Å². The number of halogens is 1. The number of para-hydroxylation sites is 4. The maximum Gasteiger partial charge on any atom is 0.238 e. The van der Waals surface area contributed by atoms with Crippen LogP contribution in [0.1, 0.15) is 0 Å². The van der Waals surface area contributed by atoms with Crippen LogP contribution in [0.15, 0.2) is 78.9 Å². The van der Waals surface area contributed by atoms with E-state index in [1.165, 1.54) is 0 Å². The van der Waals surface area contributed by atoms with Crippen LogP contribution in [-0.2, 0) is 4.79 Å². The molecule has 30 heavy (non-hydrogen) atoms. The fourth-order valence-electron chi connectivity index (χ4n) is 3.52. The summed E-state index contributed by atoms with van der Waals surface area (Å²) in [5, 5.41) is 3.75. The summed E-state index contributed by atoms with van der Waals surface area (Å²) in [4.78, 5) is 17.1. The summed E-state index contributed by atoms with van der Waals surface area (Å²) < 4.78 is 5.93. The van der Waals surface area contributed by atoms with Crippen molar-refractivity contribution in [1.82, 2.24) is 4.90 Å². The third kappa shape index (κ3) is 5.12. The van der Waals surface area contributed by atoms with Crippen LogP contribution in [0.2, 0.25) is 5.02 Å². The van der Waals surface area contributed by atoms with Crippen molar-refractivity contribution >= 4 is 28.9 Å². The van der Waals surface area contributed by atoms with Crippen LogP contribution in [-0.4, -0.2) is 43.5 Å². The molecule has 0 radical (unpaired) electrons. The predicted octanol–water partition coefficient (Wildman–Crippen LogP) is 4.89. The lowest BCUT2D eigenvalue weighted by atomic mass is 10.2. The van der Waals surface area contributed by atoms with Crippen LogP contribution in [0.3, 0.4) is 0 Å². The van der Waals surface area contributed by atoms with E-state index < -0.39 is 0 Å². The summed E-state index contributed by atoms with van der Waals surface area (Å²) in [6, 6.07) is 24.9. The summed E-state index contributed by atoms with van der Waals surface area (Å²) >= 11 is 6.31. The monoisotopic (exact) mass is 421 g/mol. The summed E-state index contributed by atoms with van der Waals surface area (Å²) in [6.45, 7) is 3.63. The van der Waals surface area contributed by atoms with Crippen LogP contribution >= 0.6 is 11.6 Å². The van der Waals surface area contributed by atoms with Gasteiger partial charge in [-0.05, 0) is 36.4 Å². The number of piperazine rings is 1. The first kappa shape index (κ1) is 20.3. The SMILES string of the molecule is O=C(CN1CCN(c2ccccc2Cl)CC1)Nc1ccccc1Oc1ccccc1. The fraction of sp³-hybridized carbons (Fsp3) is 0.208. The number of nitrogens with zero attached hydrogens (tertiary/aromatic N) is 2. The summed E-state index contributed by atoms with van der Waals surface area (Å²) in [5.41, 5.74) is 1.72. The molecule has 0 aliphatic carbocycles. The van der Waals surface area contributed by atoms with E-state index in [4.69, 9.17) is 16.3 Å². The minimum Gasteiger partial charge on any atom is -0.455 e. The Bertz CT molecular complexity index is 989. The van der Waals surface area contributed by atoms with Crippen molar-refractivity contribution in [3.63, 3.8) is 0 Å². The number of amides is 1. The minimum absolute atomic E-state index is 0.0506. The quantitative estimate of drug-likeness (QED) is 0.615. The van der Waals surface area contributed by atoms with Gasteiger partial charge in [0.25, 0.3) is 0 Å². The Labute approximate surface area is 181 Å². The van der Waals surface area contributed by atoms with Crippen molar-refractivity contribution in [3.8, 4) is 11.5 Å². The second-order valence-corrected chi connectivity index (χ2v) is 7.58. The van der Waals surface area contributed by atoms with Crippen molar-refractivity contribution < 1.29 is 9.53 Å². The number of anilines is 2. The first-order chi connectivity index (χ1) is 14.7. The average molecular weight is 422 g/mol. The number of rotatable bonds is 6. The van der Waals surface area contributed by atoms with E-state index in [-0.39, 0.29) is 5.91 Å². The van der Waals surface area contributed by atoms with Crippen LogP contribution in [0.5, 0.6) is 11.5 Å². The average Bonchev–Trinajstić information content (AvgIpc) is 2.77. The second-order valence-electron chi connectivity index (χ2n) is 7.17. The molecule has 1 heterocycles. The first-order valence-corrected chi connectivity index (χ1v) is 10.4. The molecule has 6 heteroatoms. The van der Waals surface area contributed by atoms with Gasteiger partial charge in [0.1, 0.15) is 5.75 Å². The van der Waals surface area contributed by atoms with Crippen molar-refractivity contribution in [2.75, 3.05) is 42.9 Å². The number of carbonyl (C=O) groups excluding carboxylic acids is 1. The Kier molecular flexibility index (Phi) is 6.52. The van der Waals surface area contributed by atoms with E-state index in [0.717, 1.165) is 42.6 Å². The number of hydrogen-bond donors (Lipinski definition) is 1. The Morgan fingerprint density at radius 1 is 0.867 bits per heavy atom. The zero-order valence-electron chi connectivity index (χ0n) is 16.6. The maximum atomic E-state index is 12.6. The molecule has 1 amide bonds. The zero-order chi connectivity index (χ0) is 20.8. The van der Waals surface area contributed by atoms with E-state index in [1.54, 1.807) is 0 Å². The summed E-state index contributed by atoms with van der Waals surface area (Å²) in [5.74, 6) is 1.31. The highest BCUT2D eigenvalue weighted by atomic mass is 35.5. The largest absolute Gasteiger partial charge is 0.455 e. The molecule has 0 atom stereocenters. The highest BCUT2D eigenvalue weighted by molar-refractivity contribution is 6.33. The molecule has 1 saturated heterocycles. The van der Waals surface area contributed by atoms with Gasteiger partial charge in [0.2, 0.25) is 5.91 Å². The zero-order valence-corrected chi connectivity index (χ0v) is 17.4. The summed E-state index contributed by atoms with van der Waals surface area (Å²) in [6.07, 6.45) is 0. The topological polar surface area (TPSA) is 44.8 Å². The highest BCUT2D eigenvalue weighted by Crippen LogP contribution is 2.29. The molecular weight excluding hydrogens is 398 g/mol. The molecule has 1 aliphatic heterocycles. The van der Waals surface area contributed by atoms with E-state index >= 15 is 0 Å². The lowest BCUT2D eigenvalue weighted by Crippen LogP contribution is -2.48. The van der Waals surface area contributed by atoms with Gasteiger partial charge in [0, 0.05) is 26.2 Å². The third-order valence-corrected chi connectivity index (χ3v) is 5.38. The molecule has 0 spiro atoms. The molecule has 3 aromatic rings. The van der Waals surface area contributed by atoms with Crippen LogP contribution < -0.4 is 15.0 Å². The number of nitrogens with one attached hydrogen (secondary N) is 1. The van der Waals surface area contributed by atoms with Gasteiger partial charge in [-0.1, -0.05) is 54.1 Å². The Morgan fingerprint density at radius 2 is 1.53 bits per heavy atom. The fourth-order valence-corrected chi connectivity index (χ4v) is 3.78. The van der Waals surface area contributed by atoms with Gasteiger partial charge >= 0.3 is 0 Å². The second kappa shape index (κ2) is 9.65. The Hall–Kier alpha value is -3.02. The molecule has 0 unspecified atom stereocenters. The first-order valence-electron chi connectivity index (χ1n) is 10.0. The van der Waals surface area contributed by atoms with Gasteiger partial charge in [-0.15, -0.1) is 0 Å². The standard InChI is InChI=1S/C24H24ClN3O2/c25-20-10-4-6-12-22(20)28-16-14-27(15-17-28)18-24(29)26-21-11-5-7-13-23(21)30-19-8-2-1-3-9-19/h1-13H,14-18H2,(H,26,29). The highest BCUT2D eigenvalue weighted by Gasteiger charge is 2.21. The van der Waals surface area contributed by atoms with Crippen LogP contribution in [0, 0.1) is 0 Å². The van der Waals surface area contributed by atoms with Gasteiger partial charge in [-0.2, -0.15) is 0 Å². The smallest absolute Gasteiger partial charge is 0.238 e. The summed E-state index contributed by atoms with van der Waals surface area (Å²) in [7, 11) is 0. The molecule has 1 fully saturated rings. The molecule has 5 nitrogen and oxygen atoms in total. The number of ether oxygens (including phenoxy) is 1. The third-order valence-electron chi connectivity index (χ3n) is 5.06. The number of benzene rings is 3. The molecule has 0 aromatic heterocycles. The lowest BCUT2D eigenvalue weighted by molar-refractivity contribution is -0.117. The van der Waals surface area contributed by atoms with Crippen molar-refractivity contribution in [1.29, 1.82) is 0 Å². The van der Waals surface area contributed by atoms with Gasteiger partial charge in [-0.25, -0.2) is 0 Å². The maximum absolute atomic E-state index is 12.6. The van der Waals surface area contributed by atoms with E-state index in [0.29, 0.717) is 18.0 Å². The molecule has 1 aliphatic rings. The van der Waals surface area contributed by atoms with E-state index in [1.807, 2.05) is 78.9 Å². The van der Waals surface area contributed by atoms with Crippen LogP contribution in [0.25, 0.3) is 0 Å². The normalized spacial score (nSPS) is 14.4. The Morgan fingerprint density at radius 3 is 2.30 bits per heavy atom. The number of hydrogen-bond acceptors (Lipinski definition) is 4. The molecule has 1 N–H and O–H groups in total. The molecule has 0 bridgehead atoms. The van der Waals surface area contributed by atoms with Gasteiger partial charge < -0.3 is 15.0 Å². The lowest BCUT2D eigenvalue weighted by Gasteiger charge is -2.36. The molecule has 154 valence electrons. The number of carbonyl (C=O) groups is 1. The van der Waals surface area contributed by atoms with Crippen molar-refractivity contribution in [2.24, 2.45) is 0 Å². The van der Waals surface area contributed by atoms with E-state index in [2.05, 4.69) is 15.1 Å². The molecular formula is C24H24ClN3O2. The molecule has 0 saturated carbocycles. The van der Waals surface area contributed by atoms with Crippen LogP contribution in [0.4, 0.5) is 11.4 Å². The van der Waals surface area contributed by atoms with Crippen molar-refractivity contribution in [2.45, 2.75) is 0 Å². The molecule has 4 rings (SSSR count). The predicted molar refractivity (Wildman–Crippen MR) is 122 cm³/mol.